The van der Waals surface area contributed by atoms with Gasteiger partial charge in [0.15, 0.2) is 11.6 Å². The molecule has 1 saturated carbocycles. The van der Waals surface area contributed by atoms with Crippen molar-refractivity contribution in [3.05, 3.63) is 29.3 Å². The van der Waals surface area contributed by atoms with Crippen LogP contribution in [0.5, 0.6) is 5.75 Å². The molecule has 5 heteroatoms. The lowest BCUT2D eigenvalue weighted by Crippen LogP contribution is -2.25. The number of hydrogen-bond donors (Lipinski definition) is 0. The fourth-order valence-corrected chi connectivity index (χ4v) is 3.36. The molecule has 0 bridgehead atoms. The Morgan fingerprint density at radius 2 is 1.77 bits per heavy atom. The van der Waals surface area contributed by atoms with Crippen LogP contribution in [0, 0.1) is 28.9 Å². The topological polar surface area (TPSA) is 42.2 Å². The lowest BCUT2D eigenvalue weighted by Gasteiger charge is -2.28. The summed E-state index contributed by atoms with van der Waals surface area (Å²) in [6.07, 6.45) is 10.5. The summed E-state index contributed by atoms with van der Waals surface area (Å²) in [7, 11) is 0. The van der Waals surface area contributed by atoms with E-state index < -0.39 is 11.6 Å². The first-order valence-electron chi connectivity index (χ1n) is 9.78. The van der Waals surface area contributed by atoms with Crippen molar-refractivity contribution >= 4 is 0 Å². The van der Waals surface area contributed by atoms with Crippen LogP contribution in [-0.4, -0.2) is 19.3 Å². The first kappa shape index (κ1) is 20.6. The minimum absolute atomic E-state index is 0.119. The Morgan fingerprint density at radius 1 is 1.04 bits per heavy atom. The molecule has 0 unspecified atom stereocenters. The summed E-state index contributed by atoms with van der Waals surface area (Å²) in [5.41, 5.74) is -0.304. The second kappa shape index (κ2) is 11.1. The van der Waals surface area contributed by atoms with Crippen LogP contribution in [0.4, 0.5) is 8.78 Å². The average Bonchev–Trinajstić information content (AvgIpc) is 2.67. The first-order chi connectivity index (χ1) is 12.7. The van der Waals surface area contributed by atoms with Gasteiger partial charge >= 0.3 is 0 Å². The molecule has 1 fully saturated rings. The minimum Gasteiger partial charge on any atom is -0.490 e. The molecule has 0 heterocycles. The van der Waals surface area contributed by atoms with Gasteiger partial charge in [-0.25, -0.2) is 4.39 Å². The van der Waals surface area contributed by atoms with Crippen LogP contribution >= 0.6 is 0 Å². The van der Waals surface area contributed by atoms with Crippen molar-refractivity contribution in [3.8, 4) is 11.8 Å². The van der Waals surface area contributed by atoms with Gasteiger partial charge in [-0.3, -0.25) is 0 Å². The summed E-state index contributed by atoms with van der Waals surface area (Å²) in [5.74, 6) is -2.00. The molecule has 0 atom stereocenters. The maximum atomic E-state index is 13.8. The number of nitrogens with zero attached hydrogens (tertiary/aromatic N) is 1. The van der Waals surface area contributed by atoms with Crippen LogP contribution in [0.15, 0.2) is 12.1 Å². The molecule has 0 saturated heterocycles. The van der Waals surface area contributed by atoms with E-state index in [9.17, 15) is 8.78 Å². The van der Waals surface area contributed by atoms with Crippen LogP contribution in [0.1, 0.15) is 70.3 Å². The summed E-state index contributed by atoms with van der Waals surface area (Å²) in [6.45, 7) is 3.42. The highest BCUT2D eigenvalue weighted by atomic mass is 19.2. The average molecular weight is 365 g/mol. The van der Waals surface area contributed by atoms with Crippen LogP contribution in [0.2, 0.25) is 0 Å². The largest absolute Gasteiger partial charge is 0.490 e. The standard InChI is InChI=1S/C21H29F2NO2/c1-2-3-4-5-6-13-25-18-10-7-16(8-11-18)15-26-19-12-9-17(14-24)20(22)21(19)23/h9,12,16,18H,2-8,10-11,13,15H2,1H3. The van der Waals surface area contributed by atoms with Crippen molar-refractivity contribution < 1.29 is 18.3 Å². The number of rotatable bonds is 10. The zero-order valence-corrected chi connectivity index (χ0v) is 15.6. The SMILES string of the molecule is CCCCCCCOC1CCC(COc2ccc(C#N)c(F)c2F)CC1. The van der Waals surface area contributed by atoms with E-state index in [1.54, 1.807) is 6.07 Å². The smallest absolute Gasteiger partial charge is 0.201 e. The Balaban J connectivity index is 1.65. The van der Waals surface area contributed by atoms with Gasteiger partial charge < -0.3 is 9.47 Å². The zero-order chi connectivity index (χ0) is 18.8. The number of nitriles is 1. The molecule has 0 radical (unpaired) electrons. The lowest BCUT2D eigenvalue weighted by molar-refractivity contribution is 0.0108. The Morgan fingerprint density at radius 3 is 2.46 bits per heavy atom. The fourth-order valence-electron chi connectivity index (χ4n) is 3.36. The van der Waals surface area contributed by atoms with E-state index in [0.29, 0.717) is 18.6 Å². The highest BCUT2D eigenvalue weighted by Crippen LogP contribution is 2.28. The van der Waals surface area contributed by atoms with Gasteiger partial charge in [0.2, 0.25) is 5.82 Å². The minimum atomic E-state index is -1.14. The van der Waals surface area contributed by atoms with Crippen LogP contribution in [0.3, 0.4) is 0 Å². The van der Waals surface area contributed by atoms with E-state index in [1.165, 1.54) is 37.8 Å². The molecule has 0 aliphatic heterocycles. The van der Waals surface area contributed by atoms with Gasteiger partial charge in [-0.05, 0) is 50.2 Å². The quantitative estimate of drug-likeness (QED) is 0.495. The number of ether oxygens (including phenoxy) is 2. The number of halogens is 2. The molecule has 3 nitrogen and oxygen atoms in total. The summed E-state index contributed by atoms with van der Waals surface area (Å²) >= 11 is 0. The number of hydrogen-bond acceptors (Lipinski definition) is 3. The highest BCUT2D eigenvalue weighted by Gasteiger charge is 2.23. The second-order valence-electron chi connectivity index (χ2n) is 7.09. The maximum absolute atomic E-state index is 13.8. The van der Waals surface area contributed by atoms with E-state index in [-0.39, 0.29) is 11.3 Å². The third-order valence-corrected chi connectivity index (χ3v) is 5.04. The highest BCUT2D eigenvalue weighted by molar-refractivity contribution is 5.37. The third kappa shape index (κ3) is 6.25. The third-order valence-electron chi connectivity index (χ3n) is 5.04. The molecule has 26 heavy (non-hydrogen) atoms. The van der Waals surface area contributed by atoms with Gasteiger partial charge in [0.1, 0.15) is 6.07 Å². The van der Waals surface area contributed by atoms with Crippen molar-refractivity contribution in [1.29, 1.82) is 5.26 Å². The molecule has 144 valence electrons. The number of unbranched alkanes of at least 4 members (excludes halogenated alkanes) is 4. The van der Waals surface area contributed by atoms with Crippen molar-refractivity contribution in [2.24, 2.45) is 5.92 Å². The Hall–Kier alpha value is -1.67. The van der Waals surface area contributed by atoms with E-state index in [2.05, 4.69) is 6.92 Å². The van der Waals surface area contributed by atoms with E-state index in [4.69, 9.17) is 14.7 Å². The van der Waals surface area contributed by atoms with Gasteiger partial charge in [-0.15, -0.1) is 0 Å². The first-order valence-corrected chi connectivity index (χ1v) is 9.78. The van der Waals surface area contributed by atoms with Gasteiger partial charge in [0.05, 0.1) is 18.3 Å². The van der Waals surface area contributed by atoms with E-state index in [1.807, 2.05) is 0 Å². The Labute approximate surface area is 155 Å². The predicted molar refractivity (Wildman–Crippen MR) is 97.0 cm³/mol. The zero-order valence-electron chi connectivity index (χ0n) is 15.6. The van der Waals surface area contributed by atoms with E-state index in [0.717, 1.165) is 38.7 Å². The molecule has 2 rings (SSSR count). The summed E-state index contributed by atoms with van der Waals surface area (Å²) in [6, 6.07) is 4.19. The summed E-state index contributed by atoms with van der Waals surface area (Å²) < 4.78 is 38.9. The van der Waals surface area contributed by atoms with Crippen molar-refractivity contribution in [2.75, 3.05) is 13.2 Å². The fraction of sp³-hybridized carbons (Fsp3) is 0.667. The van der Waals surface area contributed by atoms with Crippen molar-refractivity contribution in [1.82, 2.24) is 0 Å². The molecule has 0 aromatic heterocycles. The van der Waals surface area contributed by atoms with Gasteiger partial charge in [0, 0.05) is 6.61 Å². The molecule has 1 aromatic rings. The molecule has 1 aromatic carbocycles. The van der Waals surface area contributed by atoms with Crippen molar-refractivity contribution in [3.63, 3.8) is 0 Å². The molecule has 0 spiro atoms. The number of benzene rings is 1. The van der Waals surface area contributed by atoms with Crippen LogP contribution < -0.4 is 4.74 Å². The normalized spacial score (nSPS) is 19.9. The molecule has 0 N–H and O–H groups in total. The monoisotopic (exact) mass is 365 g/mol. The van der Waals surface area contributed by atoms with E-state index >= 15 is 0 Å². The molecule has 1 aliphatic rings. The molecule has 0 amide bonds. The van der Waals surface area contributed by atoms with Gasteiger partial charge in [-0.1, -0.05) is 32.6 Å². The molecular weight excluding hydrogens is 336 g/mol. The van der Waals surface area contributed by atoms with Gasteiger partial charge in [-0.2, -0.15) is 9.65 Å². The van der Waals surface area contributed by atoms with Crippen LogP contribution in [-0.2, 0) is 4.74 Å². The summed E-state index contributed by atoms with van der Waals surface area (Å²) in [5, 5.41) is 8.70. The molecular formula is C21H29F2NO2. The van der Waals surface area contributed by atoms with Gasteiger partial charge in [0.25, 0.3) is 0 Å². The summed E-state index contributed by atoms with van der Waals surface area (Å²) in [4.78, 5) is 0. The van der Waals surface area contributed by atoms with Crippen LogP contribution in [0.25, 0.3) is 0 Å². The second-order valence-corrected chi connectivity index (χ2v) is 7.09. The molecule has 1 aliphatic carbocycles. The Bertz CT molecular complexity index is 592. The Kier molecular flexibility index (Phi) is 8.84. The van der Waals surface area contributed by atoms with Crippen molar-refractivity contribution in [2.45, 2.75) is 70.8 Å². The lowest BCUT2D eigenvalue weighted by atomic mass is 9.88. The predicted octanol–water partition coefficient (Wildman–Crippen LogP) is 5.76. The maximum Gasteiger partial charge on any atom is 0.201 e.